The van der Waals surface area contributed by atoms with Gasteiger partial charge in [0.05, 0.1) is 0 Å². The quantitative estimate of drug-likeness (QED) is 0.114. The molecule has 7 aromatic carbocycles. The van der Waals surface area contributed by atoms with Crippen molar-refractivity contribution in [3.63, 3.8) is 0 Å². The molecular formula is C66H65N4OPt-3. The molecule has 0 fully saturated rings. The molecule has 0 atom stereocenters. The molecule has 0 unspecified atom stereocenters. The summed E-state index contributed by atoms with van der Waals surface area (Å²) >= 11 is 0. The monoisotopic (exact) mass is 1120 g/mol. The molecule has 0 N–H and O–H groups in total. The van der Waals surface area contributed by atoms with Crippen molar-refractivity contribution in [1.82, 2.24) is 9.55 Å². The predicted octanol–water partition coefficient (Wildman–Crippen LogP) is 17.3. The van der Waals surface area contributed by atoms with E-state index in [-0.39, 0.29) is 37.3 Å². The molecule has 0 saturated carbocycles. The summed E-state index contributed by atoms with van der Waals surface area (Å²) in [6, 6.07) is 64.4. The van der Waals surface area contributed by atoms with Gasteiger partial charge in [0, 0.05) is 60.8 Å². The minimum atomic E-state index is -0.217. The van der Waals surface area contributed by atoms with Crippen molar-refractivity contribution >= 4 is 33.2 Å². The van der Waals surface area contributed by atoms with Crippen molar-refractivity contribution in [3.8, 4) is 28.4 Å². The molecule has 0 amide bonds. The summed E-state index contributed by atoms with van der Waals surface area (Å²) in [6.07, 6.45) is 6.15. The second-order valence-corrected chi connectivity index (χ2v) is 21.9. The van der Waals surface area contributed by atoms with Crippen LogP contribution in [0.15, 0.2) is 176 Å². The third-order valence-corrected chi connectivity index (χ3v) is 14.7. The summed E-state index contributed by atoms with van der Waals surface area (Å²) in [4.78, 5) is 9.34. The average Bonchev–Trinajstić information content (AvgIpc) is 4.00. The molecule has 0 aliphatic carbocycles. The van der Waals surface area contributed by atoms with Gasteiger partial charge in [-0.1, -0.05) is 185 Å². The van der Waals surface area contributed by atoms with Gasteiger partial charge < -0.3 is 19.1 Å². The van der Waals surface area contributed by atoms with Crippen LogP contribution in [0.2, 0.25) is 0 Å². The van der Waals surface area contributed by atoms with Crippen LogP contribution in [0, 0.1) is 18.8 Å². The van der Waals surface area contributed by atoms with Crippen molar-refractivity contribution in [3.05, 3.63) is 234 Å². The van der Waals surface area contributed by atoms with Crippen molar-refractivity contribution < 1.29 is 25.8 Å². The molecule has 9 aromatic rings. The fraction of sp³-hybridized carbons (Fsp3) is 0.242. The molecule has 6 heteroatoms. The van der Waals surface area contributed by atoms with Gasteiger partial charge in [-0.2, -0.15) is 6.07 Å². The molecule has 72 heavy (non-hydrogen) atoms. The molecule has 5 nitrogen and oxygen atoms in total. The first kappa shape index (κ1) is 50.3. The van der Waals surface area contributed by atoms with E-state index in [1.54, 1.807) is 0 Å². The number of hydrogen-bond acceptors (Lipinski definition) is 4. The largest absolute Gasteiger partial charge is 0.509 e. The van der Waals surface area contributed by atoms with Gasteiger partial charge in [0.15, 0.2) is 0 Å². The van der Waals surface area contributed by atoms with Gasteiger partial charge in [-0.15, -0.1) is 53.6 Å². The Kier molecular flexibility index (Phi) is 13.8. The molecule has 3 heterocycles. The third-order valence-electron chi connectivity index (χ3n) is 14.7. The Morgan fingerprint density at radius 2 is 1.14 bits per heavy atom. The standard InChI is InChI=1S/C66H65N4O.Pt/c1-44(2)56-26-19-27-57(45(3)4)63(56)46-36-53(69-35-34-68(43-69)52-25-18-24-50(38-52)65(8,9)47-20-14-12-15-21-47)41-55(37-46)71-54-29-30-58-59-39-51(66(10,11)48-22-16-13-17-23-48)28-31-60(59)70(61(58)42-54)62-40-49(32-33-67-62)64(5,6)7;/h12-40,43-45H,1-11H3;/q-3;. The summed E-state index contributed by atoms with van der Waals surface area (Å²) in [6.45, 7) is 27.2. The molecule has 10 rings (SSSR count). The molecule has 1 aliphatic rings. The molecular weight excluding hydrogens is 1060 g/mol. The zero-order chi connectivity index (χ0) is 49.8. The number of hydrogen-bond donors (Lipinski definition) is 0. The third kappa shape index (κ3) is 9.57. The van der Waals surface area contributed by atoms with Crippen LogP contribution in [0.5, 0.6) is 11.5 Å². The van der Waals surface area contributed by atoms with Gasteiger partial charge in [-0.3, -0.25) is 0 Å². The van der Waals surface area contributed by atoms with E-state index in [1.807, 2.05) is 6.20 Å². The number of fused-ring (bicyclic) bond motifs is 3. The van der Waals surface area contributed by atoms with Crippen LogP contribution in [0.25, 0.3) is 38.8 Å². The van der Waals surface area contributed by atoms with Gasteiger partial charge in [0.25, 0.3) is 0 Å². The first-order valence-corrected chi connectivity index (χ1v) is 25.2. The van der Waals surface area contributed by atoms with E-state index >= 15 is 0 Å². The Hall–Kier alpha value is -6.68. The number of nitrogens with zero attached hydrogens (tertiary/aromatic N) is 4. The Morgan fingerprint density at radius 3 is 1.78 bits per heavy atom. The Bertz CT molecular complexity index is 3410. The van der Waals surface area contributed by atoms with Crippen molar-refractivity contribution in [1.29, 1.82) is 0 Å². The minimum Gasteiger partial charge on any atom is -0.509 e. The van der Waals surface area contributed by atoms with E-state index in [2.05, 4.69) is 279 Å². The van der Waals surface area contributed by atoms with Crippen LogP contribution >= 0.6 is 0 Å². The second kappa shape index (κ2) is 19.7. The number of benzene rings is 7. The molecule has 368 valence electrons. The zero-order valence-electron chi connectivity index (χ0n) is 43.5. The Balaban J connectivity index is 0.00000640. The molecule has 0 saturated heterocycles. The summed E-state index contributed by atoms with van der Waals surface area (Å²) < 4.78 is 9.28. The number of ether oxygens (including phenoxy) is 1. The van der Waals surface area contributed by atoms with Gasteiger partial charge in [-0.25, -0.2) is 4.98 Å². The summed E-state index contributed by atoms with van der Waals surface area (Å²) in [5, 5.41) is 2.23. The van der Waals surface area contributed by atoms with Gasteiger partial charge >= 0.3 is 0 Å². The maximum Gasteiger partial charge on any atom is 0.135 e. The smallest absolute Gasteiger partial charge is 0.135 e. The number of pyridine rings is 1. The van der Waals surface area contributed by atoms with Gasteiger partial charge in [-0.05, 0) is 110 Å². The van der Waals surface area contributed by atoms with Crippen LogP contribution in [-0.4, -0.2) is 9.55 Å². The predicted molar refractivity (Wildman–Crippen MR) is 297 cm³/mol. The minimum absolute atomic E-state index is 0. The fourth-order valence-electron chi connectivity index (χ4n) is 10.2. The Labute approximate surface area is 442 Å². The molecule has 0 radical (unpaired) electrons. The van der Waals surface area contributed by atoms with E-state index in [9.17, 15) is 0 Å². The maximum atomic E-state index is 7.03. The zero-order valence-corrected chi connectivity index (χ0v) is 45.8. The van der Waals surface area contributed by atoms with Crippen LogP contribution in [0.1, 0.15) is 127 Å². The number of aromatic nitrogens is 2. The molecule has 1 aliphatic heterocycles. The average molecular weight is 1130 g/mol. The Morgan fingerprint density at radius 1 is 0.528 bits per heavy atom. The van der Waals surface area contributed by atoms with Gasteiger partial charge in [0.2, 0.25) is 0 Å². The molecule has 2 aromatic heterocycles. The fourth-order valence-corrected chi connectivity index (χ4v) is 10.2. The van der Waals surface area contributed by atoms with E-state index in [0.717, 1.165) is 44.6 Å². The summed E-state index contributed by atoms with van der Waals surface area (Å²) in [5.74, 6) is 2.67. The van der Waals surface area contributed by atoms with Crippen LogP contribution in [0.3, 0.4) is 0 Å². The summed E-state index contributed by atoms with van der Waals surface area (Å²) in [5.41, 5.74) is 14.7. The van der Waals surface area contributed by atoms with Crippen LogP contribution in [0.4, 0.5) is 11.4 Å². The number of anilines is 2. The van der Waals surface area contributed by atoms with Crippen LogP contribution < -0.4 is 14.5 Å². The van der Waals surface area contributed by atoms with Crippen molar-refractivity contribution in [2.45, 2.75) is 104 Å². The van der Waals surface area contributed by atoms with E-state index in [0.29, 0.717) is 23.3 Å². The van der Waals surface area contributed by atoms with Crippen molar-refractivity contribution in [2.24, 2.45) is 0 Å². The SMILES string of the molecule is CC(C)c1cccc(C(C)C)c1-c1cc(Oc2[c-]c3c(cc2)c2cc(C(C)(C)c4ccccc4)ccc2n3-c2cc(C(C)(C)C)ccn2)[c-]c(N2C=CN(c3cccc(C(C)(C)c4ccccc4)c3)[CH-]2)c1.[Pt]. The van der Waals surface area contributed by atoms with E-state index in [4.69, 9.17) is 9.72 Å². The van der Waals surface area contributed by atoms with Crippen LogP contribution in [-0.2, 0) is 37.3 Å². The van der Waals surface area contributed by atoms with E-state index < -0.39 is 0 Å². The normalized spacial score (nSPS) is 13.2. The van der Waals surface area contributed by atoms with E-state index in [1.165, 1.54) is 44.5 Å². The van der Waals surface area contributed by atoms with Gasteiger partial charge in [0.1, 0.15) is 5.82 Å². The molecule has 0 bridgehead atoms. The molecule has 0 spiro atoms. The topological polar surface area (TPSA) is 33.5 Å². The maximum absolute atomic E-state index is 7.03. The number of rotatable bonds is 12. The van der Waals surface area contributed by atoms with Crippen molar-refractivity contribution in [2.75, 3.05) is 9.80 Å². The first-order valence-electron chi connectivity index (χ1n) is 25.2. The first-order chi connectivity index (χ1) is 34.0. The summed E-state index contributed by atoms with van der Waals surface area (Å²) in [7, 11) is 0. The second-order valence-electron chi connectivity index (χ2n) is 21.9.